The zero-order valence-electron chi connectivity index (χ0n) is 15.9. The Morgan fingerprint density at radius 2 is 2.00 bits per heavy atom. The number of alkyl carbamates (subject to hydrolysis) is 1. The van der Waals surface area contributed by atoms with E-state index < -0.39 is 6.09 Å². The first-order valence-corrected chi connectivity index (χ1v) is 9.05. The maximum atomic E-state index is 12.9. The Kier molecular flexibility index (Phi) is 6.21. The van der Waals surface area contributed by atoms with Crippen LogP contribution >= 0.6 is 0 Å². The minimum atomic E-state index is -0.521. The molecule has 1 aromatic carbocycles. The lowest BCUT2D eigenvalue weighted by Crippen LogP contribution is -2.38. The van der Waals surface area contributed by atoms with Crippen molar-refractivity contribution in [3.63, 3.8) is 0 Å². The van der Waals surface area contributed by atoms with E-state index in [1.807, 2.05) is 43.3 Å². The molecule has 0 unspecified atom stereocenters. The molecule has 3 aromatic rings. The number of aryl methyl sites for hydroxylation is 2. The van der Waals surface area contributed by atoms with Crippen molar-refractivity contribution in [1.82, 2.24) is 20.5 Å². The number of anilines is 1. The summed E-state index contributed by atoms with van der Waals surface area (Å²) in [6.45, 7) is 2.64. The fraction of sp³-hybridized carbons (Fsp3) is 0.300. The second kappa shape index (κ2) is 8.98. The maximum Gasteiger partial charge on any atom is 0.406 e. The van der Waals surface area contributed by atoms with E-state index in [1.165, 1.54) is 7.11 Å². The normalized spacial score (nSPS) is 10.6. The number of H-pyrrole nitrogens is 1. The molecule has 0 saturated carbocycles. The molecule has 28 heavy (non-hydrogen) atoms. The molecular formula is C20H23N5O3. The van der Waals surface area contributed by atoms with Crippen molar-refractivity contribution in [3.8, 4) is 0 Å². The number of nitrogens with one attached hydrogen (secondary N) is 2. The number of rotatable bonds is 7. The van der Waals surface area contributed by atoms with Crippen LogP contribution in [0.25, 0.3) is 11.0 Å². The lowest BCUT2D eigenvalue weighted by molar-refractivity contribution is -0.118. The average molecular weight is 381 g/mol. The summed E-state index contributed by atoms with van der Waals surface area (Å²) in [5.41, 5.74) is 3.43. The van der Waals surface area contributed by atoms with Gasteiger partial charge >= 0.3 is 6.09 Å². The summed E-state index contributed by atoms with van der Waals surface area (Å²) in [6.07, 6.45) is 1.99. The highest BCUT2D eigenvalue weighted by Gasteiger charge is 2.17. The van der Waals surface area contributed by atoms with E-state index in [9.17, 15) is 9.59 Å². The zero-order valence-corrected chi connectivity index (χ0v) is 15.9. The number of ether oxygens (including phenoxy) is 1. The van der Waals surface area contributed by atoms with E-state index >= 15 is 0 Å². The van der Waals surface area contributed by atoms with Gasteiger partial charge in [0.05, 0.1) is 7.11 Å². The minimum Gasteiger partial charge on any atom is -0.453 e. The predicted molar refractivity (Wildman–Crippen MR) is 106 cm³/mol. The molecule has 146 valence electrons. The van der Waals surface area contributed by atoms with Gasteiger partial charge in [0.2, 0.25) is 5.91 Å². The molecule has 8 nitrogen and oxygen atoms in total. The molecule has 0 fully saturated rings. The van der Waals surface area contributed by atoms with Crippen molar-refractivity contribution < 1.29 is 14.3 Å². The highest BCUT2D eigenvalue weighted by atomic mass is 16.5. The van der Waals surface area contributed by atoms with Crippen LogP contribution in [0.15, 0.2) is 42.6 Å². The average Bonchev–Trinajstić information content (AvgIpc) is 3.13. The summed E-state index contributed by atoms with van der Waals surface area (Å²) < 4.78 is 4.58. The highest BCUT2D eigenvalue weighted by Crippen LogP contribution is 2.18. The third kappa shape index (κ3) is 4.64. The van der Waals surface area contributed by atoms with E-state index in [2.05, 4.69) is 25.2 Å². The van der Waals surface area contributed by atoms with E-state index in [4.69, 9.17) is 0 Å². The van der Waals surface area contributed by atoms with Gasteiger partial charge in [-0.25, -0.2) is 9.78 Å². The van der Waals surface area contributed by atoms with Gasteiger partial charge in [-0.2, -0.15) is 5.10 Å². The molecule has 2 amide bonds. The van der Waals surface area contributed by atoms with Crippen molar-refractivity contribution in [1.29, 1.82) is 0 Å². The number of hydrogen-bond acceptors (Lipinski definition) is 5. The number of hydrogen-bond donors (Lipinski definition) is 2. The van der Waals surface area contributed by atoms with Crippen molar-refractivity contribution in [3.05, 3.63) is 53.9 Å². The molecule has 2 aromatic heterocycles. The molecule has 0 aliphatic rings. The van der Waals surface area contributed by atoms with E-state index in [0.29, 0.717) is 31.6 Å². The number of nitrogens with zero attached hydrogens (tertiary/aromatic N) is 3. The fourth-order valence-electron chi connectivity index (χ4n) is 2.92. The lowest BCUT2D eigenvalue weighted by atomic mass is 10.1. The zero-order chi connectivity index (χ0) is 19.9. The van der Waals surface area contributed by atoms with Crippen LogP contribution in [0.2, 0.25) is 0 Å². The summed E-state index contributed by atoms with van der Waals surface area (Å²) in [5.74, 6) is -0.0397. The van der Waals surface area contributed by atoms with Crippen LogP contribution in [0.5, 0.6) is 0 Å². The minimum absolute atomic E-state index is 0.0397. The summed E-state index contributed by atoms with van der Waals surface area (Å²) in [5, 5.41) is 10.7. The van der Waals surface area contributed by atoms with E-state index in [-0.39, 0.29) is 5.91 Å². The molecular weight excluding hydrogens is 358 g/mol. The first-order valence-electron chi connectivity index (χ1n) is 9.05. The number of carbonyl (C=O) groups excluding carboxylic acids is 2. The lowest BCUT2D eigenvalue weighted by Gasteiger charge is -2.23. The highest BCUT2D eigenvalue weighted by molar-refractivity contribution is 5.93. The van der Waals surface area contributed by atoms with Gasteiger partial charge in [0.15, 0.2) is 5.65 Å². The monoisotopic (exact) mass is 381 g/mol. The second-order valence-electron chi connectivity index (χ2n) is 6.38. The van der Waals surface area contributed by atoms with E-state index in [0.717, 1.165) is 22.3 Å². The Labute approximate surface area is 162 Å². The Morgan fingerprint density at radius 3 is 2.75 bits per heavy atom. The van der Waals surface area contributed by atoms with Crippen LogP contribution in [-0.4, -0.2) is 47.4 Å². The summed E-state index contributed by atoms with van der Waals surface area (Å²) >= 11 is 0. The van der Waals surface area contributed by atoms with Crippen molar-refractivity contribution in [2.45, 2.75) is 19.8 Å². The van der Waals surface area contributed by atoms with Crippen molar-refractivity contribution in [2.24, 2.45) is 0 Å². The van der Waals surface area contributed by atoms with Gasteiger partial charge in [0.1, 0.15) is 0 Å². The van der Waals surface area contributed by atoms with Gasteiger partial charge in [-0.15, -0.1) is 0 Å². The molecule has 0 radical (unpaired) electrons. The number of fused-ring (bicyclic) bond motifs is 1. The van der Waals surface area contributed by atoms with Gasteiger partial charge in [0.25, 0.3) is 0 Å². The number of pyridine rings is 1. The van der Waals surface area contributed by atoms with Gasteiger partial charge in [-0.3, -0.25) is 9.89 Å². The summed E-state index contributed by atoms with van der Waals surface area (Å²) in [7, 11) is 1.31. The predicted octanol–water partition coefficient (Wildman–Crippen LogP) is 2.59. The quantitative estimate of drug-likeness (QED) is 0.655. The number of methoxy groups -OCH3 is 1. The smallest absolute Gasteiger partial charge is 0.406 e. The Hall–Kier alpha value is -3.42. The van der Waals surface area contributed by atoms with Crippen LogP contribution < -0.4 is 10.2 Å². The van der Waals surface area contributed by atoms with Gasteiger partial charge in [0, 0.05) is 42.5 Å². The molecule has 2 N–H and O–H groups in total. The Bertz CT molecular complexity index is 952. The summed E-state index contributed by atoms with van der Waals surface area (Å²) in [6, 6.07) is 11.5. The third-order valence-corrected chi connectivity index (χ3v) is 4.43. The molecule has 0 saturated heterocycles. The van der Waals surface area contributed by atoms with Crippen LogP contribution in [-0.2, 0) is 16.0 Å². The molecule has 0 aliphatic carbocycles. The molecule has 0 spiro atoms. The maximum absolute atomic E-state index is 12.9. The van der Waals surface area contributed by atoms with E-state index in [1.54, 1.807) is 11.1 Å². The van der Waals surface area contributed by atoms with Gasteiger partial charge < -0.3 is 15.0 Å². The van der Waals surface area contributed by atoms with Gasteiger partial charge in [-0.1, -0.05) is 17.7 Å². The topological polar surface area (TPSA) is 100 Å². The SMILES string of the molecule is COC(=O)NCCN(C(=O)CCc1[nH]nc2ncccc12)c1ccc(C)cc1. The number of carbonyl (C=O) groups is 2. The van der Waals surface area contributed by atoms with Crippen molar-refractivity contribution in [2.75, 3.05) is 25.1 Å². The van der Waals surface area contributed by atoms with Crippen LogP contribution in [0.1, 0.15) is 17.7 Å². The number of amides is 2. The van der Waals surface area contributed by atoms with Crippen LogP contribution in [0.4, 0.5) is 10.5 Å². The number of benzene rings is 1. The Morgan fingerprint density at radius 1 is 1.21 bits per heavy atom. The first-order chi connectivity index (χ1) is 13.6. The Balaban J connectivity index is 1.70. The number of aromatic amines is 1. The first kappa shape index (κ1) is 19.3. The van der Waals surface area contributed by atoms with Crippen LogP contribution in [0.3, 0.4) is 0 Å². The molecule has 0 aliphatic heterocycles. The molecule has 0 bridgehead atoms. The van der Waals surface area contributed by atoms with Gasteiger partial charge in [-0.05, 0) is 37.6 Å². The molecule has 8 heteroatoms. The molecule has 2 heterocycles. The largest absolute Gasteiger partial charge is 0.453 e. The molecule has 0 atom stereocenters. The molecule has 3 rings (SSSR count). The number of aromatic nitrogens is 3. The second-order valence-corrected chi connectivity index (χ2v) is 6.38. The fourth-order valence-corrected chi connectivity index (χ4v) is 2.92. The van der Waals surface area contributed by atoms with Crippen molar-refractivity contribution >= 4 is 28.7 Å². The van der Waals surface area contributed by atoms with Crippen LogP contribution in [0, 0.1) is 6.92 Å². The standard InChI is InChI=1S/C20H23N5O3/c1-14-5-7-15(8-6-14)25(13-12-22-20(27)28-2)18(26)10-9-17-16-4-3-11-21-19(16)24-23-17/h3-8,11H,9-10,12-13H2,1-2H3,(H,22,27)(H,21,23,24). The third-order valence-electron chi connectivity index (χ3n) is 4.43. The summed E-state index contributed by atoms with van der Waals surface area (Å²) in [4.78, 5) is 30.1.